The van der Waals surface area contributed by atoms with Crippen LogP contribution < -0.4 is 10.1 Å². The zero-order chi connectivity index (χ0) is 12.3. The quantitative estimate of drug-likeness (QED) is 0.869. The first-order valence-electron chi connectivity index (χ1n) is 4.77. The van der Waals surface area contributed by atoms with Crippen LogP contribution in [0.3, 0.4) is 0 Å². The summed E-state index contributed by atoms with van der Waals surface area (Å²) in [5.74, 6) is 0.499. The minimum absolute atomic E-state index is 0.351. The maximum Gasteiger partial charge on any atom is 0.227 e. The largest absolute Gasteiger partial charge is 0.494 e. The Hall–Kier alpha value is -1.44. The first kappa shape index (κ1) is 12.0. The summed E-state index contributed by atoms with van der Waals surface area (Å²) in [6, 6.07) is 4.22. The smallest absolute Gasteiger partial charge is 0.227 e. The number of rotatable bonds is 3. The van der Waals surface area contributed by atoms with Crippen LogP contribution in [0.2, 0.25) is 0 Å². The Morgan fingerprint density at radius 1 is 1.29 bits per heavy atom. The number of hydrogen-bond donors (Lipinski definition) is 1. The van der Waals surface area contributed by atoms with Crippen LogP contribution >= 0.6 is 22.6 Å². The van der Waals surface area contributed by atoms with Crippen molar-refractivity contribution >= 4 is 34.2 Å². The molecule has 2 rings (SSSR count). The average Bonchev–Trinajstić information content (AvgIpc) is 2.34. The molecule has 17 heavy (non-hydrogen) atoms. The summed E-state index contributed by atoms with van der Waals surface area (Å²) in [6.07, 6.45) is 3.37. The van der Waals surface area contributed by atoms with E-state index in [2.05, 4.69) is 37.9 Å². The lowest BCUT2D eigenvalue weighted by molar-refractivity contribution is 0.413. The van der Waals surface area contributed by atoms with Gasteiger partial charge >= 0.3 is 0 Å². The van der Waals surface area contributed by atoms with Crippen LogP contribution in [0.25, 0.3) is 0 Å². The molecule has 0 aliphatic heterocycles. The van der Waals surface area contributed by atoms with Crippen molar-refractivity contribution in [1.29, 1.82) is 0 Å². The van der Waals surface area contributed by atoms with Crippen LogP contribution in [0.1, 0.15) is 0 Å². The number of nitrogens with one attached hydrogen (secondary N) is 1. The second kappa shape index (κ2) is 5.26. The number of methoxy groups -OCH3 is 1. The summed E-state index contributed by atoms with van der Waals surface area (Å²) < 4.78 is 19.0. The third-order valence-corrected chi connectivity index (χ3v) is 2.59. The molecule has 0 saturated carbocycles. The highest BCUT2D eigenvalue weighted by molar-refractivity contribution is 14.1. The number of hydrogen-bond acceptors (Lipinski definition) is 4. The molecule has 6 heteroatoms. The molecule has 0 bridgehead atoms. The lowest BCUT2D eigenvalue weighted by Crippen LogP contribution is -1.99. The van der Waals surface area contributed by atoms with Crippen molar-refractivity contribution in [3.8, 4) is 5.75 Å². The van der Waals surface area contributed by atoms with Crippen LogP contribution in [0, 0.1) is 9.39 Å². The molecular formula is C11H9FIN3O. The van der Waals surface area contributed by atoms with Crippen molar-refractivity contribution in [2.75, 3.05) is 12.4 Å². The van der Waals surface area contributed by atoms with Gasteiger partial charge in [0, 0.05) is 22.0 Å². The van der Waals surface area contributed by atoms with Crippen LogP contribution in [0.15, 0.2) is 30.6 Å². The van der Waals surface area contributed by atoms with Crippen LogP contribution in [-0.4, -0.2) is 17.1 Å². The van der Waals surface area contributed by atoms with Gasteiger partial charge in [-0.25, -0.2) is 14.4 Å². The van der Waals surface area contributed by atoms with E-state index >= 15 is 0 Å². The highest BCUT2D eigenvalue weighted by atomic mass is 127. The van der Waals surface area contributed by atoms with Crippen LogP contribution in [0.4, 0.5) is 16.0 Å². The van der Waals surface area contributed by atoms with Crippen molar-refractivity contribution in [3.05, 3.63) is 40.0 Å². The first-order chi connectivity index (χ1) is 8.19. The maximum atomic E-state index is 13.0. The van der Waals surface area contributed by atoms with Crippen molar-refractivity contribution in [2.45, 2.75) is 0 Å². The van der Waals surface area contributed by atoms with Crippen molar-refractivity contribution in [3.63, 3.8) is 0 Å². The molecule has 4 nitrogen and oxygen atoms in total. The number of ether oxygens (including phenoxy) is 1. The number of benzene rings is 1. The molecule has 1 N–H and O–H groups in total. The molecule has 0 spiro atoms. The highest BCUT2D eigenvalue weighted by Gasteiger charge is 2.05. The van der Waals surface area contributed by atoms with Crippen molar-refractivity contribution in [2.24, 2.45) is 0 Å². The highest BCUT2D eigenvalue weighted by Crippen LogP contribution is 2.26. The number of nitrogens with zero attached hydrogens (tertiary/aromatic N) is 2. The van der Waals surface area contributed by atoms with Crippen LogP contribution in [0.5, 0.6) is 5.75 Å². The van der Waals surface area contributed by atoms with Gasteiger partial charge in [-0.2, -0.15) is 0 Å². The molecule has 1 aromatic heterocycles. The zero-order valence-electron chi connectivity index (χ0n) is 8.95. The molecule has 0 fully saturated rings. The molecule has 0 saturated heterocycles. The molecule has 1 aromatic carbocycles. The normalized spacial score (nSPS) is 10.1. The van der Waals surface area contributed by atoms with Crippen molar-refractivity contribution < 1.29 is 9.13 Å². The summed E-state index contributed by atoms with van der Waals surface area (Å²) in [6.45, 7) is 0. The van der Waals surface area contributed by atoms with E-state index in [0.717, 1.165) is 3.57 Å². The fraction of sp³-hybridized carbons (Fsp3) is 0.0909. The second-order valence-electron chi connectivity index (χ2n) is 3.19. The van der Waals surface area contributed by atoms with E-state index in [4.69, 9.17) is 4.74 Å². The molecule has 0 aliphatic carbocycles. The summed E-state index contributed by atoms with van der Waals surface area (Å²) in [4.78, 5) is 8.18. The molecular weight excluding hydrogens is 336 g/mol. The number of anilines is 2. The van der Waals surface area contributed by atoms with Gasteiger partial charge in [-0.15, -0.1) is 0 Å². The van der Waals surface area contributed by atoms with E-state index in [9.17, 15) is 4.39 Å². The van der Waals surface area contributed by atoms with E-state index in [1.165, 1.54) is 19.2 Å². The molecule has 0 amide bonds. The van der Waals surface area contributed by atoms with Gasteiger partial charge in [-0.05, 0) is 34.7 Å². The molecule has 2 aromatic rings. The van der Waals surface area contributed by atoms with E-state index < -0.39 is 0 Å². The molecule has 0 unspecified atom stereocenters. The molecule has 0 atom stereocenters. The number of aromatic nitrogens is 2. The molecule has 0 radical (unpaired) electrons. The van der Waals surface area contributed by atoms with Crippen molar-refractivity contribution in [1.82, 2.24) is 9.97 Å². The Morgan fingerprint density at radius 2 is 2.00 bits per heavy atom. The van der Waals surface area contributed by atoms with Gasteiger partial charge < -0.3 is 10.1 Å². The fourth-order valence-electron chi connectivity index (χ4n) is 1.27. The van der Waals surface area contributed by atoms with E-state index in [1.54, 1.807) is 18.5 Å². The lowest BCUT2D eigenvalue weighted by Gasteiger charge is -2.09. The lowest BCUT2D eigenvalue weighted by atomic mass is 10.3. The summed E-state index contributed by atoms with van der Waals surface area (Å²) in [5, 5.41) is 2.96. The Bertz CT molecular complexity index is 519. The summed E-state index contributed by atoms with van der Waals surface area (Å²) in [7, 11) is 1.48. The Balaban J connectivity index is 2.26. The van der Waals surface area contributed by atoms with E-state index in [0.29, 0.717) is 17.4 Å². The van der Waals surface area contributed by atoms with Crippen LogP contribution in [-0.2, 0) is 0 Å². The van der Waals surface area contributed by atoms with Gasteiger partial charge in [0.2, 0.25) is 5.95 Å². The maximum absolute atomic E-state index is 13.0. The summed E-state index contributed by atoms with van der Waals surface area (Å²) in [5.41, 5.74) is 0.620. The predicted octanol–water partition coefficient (Wildman–Crippen LogP) is 2.97. The third kappa shape index (κ3) is 3.02. The predicted molar refractivity (Wildman–Crippen MR) is 71.0 cm³/mol. The van der Waals surface area contributed by atoms with Gasteiger partial charge in [-0.1, -0.05) is 0 Å². The Morgan fingerprint density at radius 3 is 2.65 bits per heavy atom. The molecule has 0 aliphatic rings. The van der Waals surface area contributed by atoms with Gasteiger partial charge in [0.1, 0.15) is 11.6 Å². The second-order valence-corrected chi connectivity index (χ2v) is 4.44. The SMILES string of the molecule is COc1cc(F)ccc1Nc1ncc(I)cn1. The van der Waals surface area contributed by atoms with Gasteiger partial charge in [0.05, 0.1) is 12.8 Å². The minimum Gasteiger partial charge on any atom is -0.494 e. The molecule has 88 valence electrons. The zero-order valence-corrected chi connectivity index (χ0v) is 11.1. The number of halogens is 2. The van der Waals surface area contributed by atoms with Gasteiger partial charge in [-0.3, -0.25) is 0 Å². The Kier molecular flexibility index (Phi) is 3.72. The van der Waals surface area contributed by atoms with Gasteiger partial charge in [0.15, 0.2) is 0 Å². The fourth-order valence-corrected chi connectivity index (χ4v) is 1.54. The first-order valence-corrected chi connectivity index (χ1v) is 5.85. The topological polar surface area (TPSA) is 47.0 Å². The Labute approximate surface area is 111 Å². The monoisotopic (exact) mass is 345 g/mol. The average molecular weight is 345 g/mol. The third-order valence-electron chi connectivity index (χ3n) is 2.03. The standard InChI is InChI=1S/C11H9FIN3O/c1-17-10-4-7(12)2-3-9(10)16-11-14-5-8(13)6-15-11/h2-6H,1H3,(H,14,15,16). The van der Waals surface area contributed by atoms with E-state index in [1.807, 2.05) is 0 Å². The summed E-state index contributed by atoms with van der Waals surface area (Å²) >= 11 is 2.12. The van der Waals surface area contributed by atoms with Gasteiger partial charge in [0.25, 0.3) is 0 Å². The van der Waals surface area contributed by atoms with E-state index in [-0.39, 0.29) is 5.82 Å². The minimum atomic E-state index is -0.351. The molecule has 1 heterocycles.